The molecule has 5 rings (SSSR count). The highest BCUT2D eigenvalue weighted by Crippen LogP contribution is 2.41. The number of piperazine rings is 1. The number of benzene rings is 2. The first kappa shape index (κ1) is 27.0. The molecule has 1 aliphatic carbocycles. The second-order valence-corrected chi connectivity index (χ2v) is 10.5. The molecule has 0 aromatic heterocycles. The predicted octanol–water partition coefficient (Wildman–Crippen LogP) is 1.79. The minimum atomic E-state index is -0.550. The van der Waals surface area contributed by atoms with Gasteiger partial charge in [0.25, 0.3) is 5.91 Å². The first-order valence-corrected chi connectivity index (χ1v) is 13.7. The van der Waals surface area contributed by atoms with Crippen LogP contribution in [0, 0.1) is 0 Å². The number of carbonyl (C=O) groups excluding carboxylic acids is 2. The summed E-state index contributed by atoms with van der Waals surface area (Å²) in [7, 11) is 3.75. The minimum absolute atomic E-state index is 0.00748. The summed E-state index contributed by atoms with van der Waals surface area (Å²) in [5.74, 6) is 1.17. The maximum atomic E-state index is 13.5. The Hall–Kier alpha value is -3.60. The Labute approximate surface area is 230 Å². The number of rotatable bonds is 11. The van der Waals surface area contributed by atoms with Crippen LogP contribution in [0.15, 0.2) is 60.9 Å². The topological polar surface area (TPSA) is 101 Å². The Morgan fingerprint density at radius 3 is 2.46 bits per heavy atom. The zero-order valence-electron chi connectivity index (χ0n) is 22.7. The lowest BCUT2D eigenvalue weighted by atomic mass is 10.1. The number of hydrogen-bond acceptors (Lipinski definition) is 8. The van der Waals surface area contributed by atoms with E-state index in [0.717, 1.165) is 43.9 Å². The fourth-order valence-electron chi connectivity index (χ4n) is 5.16. The number of nitrogens with one attached hydrogen (secondary N) is 4. The van der Waals surface area contributed by atoms with Crippen molar-refractivity contribution < 1.29 is 14.3 Å². The number of anilines is 1. The molecule has 39 heavy (non-hydrogen) atoms. The van der Waals surface area contributed by atoms with Crippen molar-refractivity contribution in [1.29, 1.82) is 0 Å². The van der Waals surface area contributed by atoms with Crippen LogP contribution in [0.5, 0.6) is 5.75 Å². The van der Waals surface area contributed by atoms with Crippen LogP contribution in [-0.2, 0) is 4.79 Å². The molecule has 3 aliphatic rings. The second-order valence-electron chi connectivity index (χ2n) is 10.5. The molecule has 1 saturated carbocycles. The second kappa shape index (κ2) is 12.5. The van der Waals surface area contributed by atoms with Crippen LogP contribution in [0.25, 0.3) is 0 Å². The largest absolute Gasteiger partial charge is 0.497 e. The van der Waals surface area contributed by atoms with Crippen molar-refractivity contribution in [2.24, 2.45) is 0 Å². The van der Waals surface area contributed by atoms with Gasteiger partial charge in [-0.25, -0.2) is 0 Å². The van der Waals surface area contributed by atoms with Crippen LogP contribution >= 0.6 is 0 Å². The van der Waals surface area contributed by atoms with E-state index in [-0.39, 0.29) is 11.8 Å². The summed E-state index contributed by atoms with van der Waals surface area (Å²) in [5.41, 5.74) is 8.62. The number of methoxy groups -OCH3 is 1. The van der Waals surface area contributed by atoms with Crippen molar-refractivity contribution in [3.63, 3.8) is 0 Å². The quantitative estimate of drug-likeness (QED) is 0.325. The zero-order chi connectivity index (χ0) is 27.2. The van der Waals surface area contributed by atoms with Crippen LogP contribution in [0.2, 0.25) is 0 Å². The molecule has 2 fully saturated rings. The third-order valence-electron chi connectivity index (χ3n) is 7.73. The van der Waals surface area contributed by atoms with Crippen molar-refractivity contribution in [3.8, 4) is 5.75 Å². The first-order chi connectivity index (χ1) is 19.0. The zero-order valence-corrected chi connectivity index (χ0v) is 22.7. The van der Waals surface area contributed by atoms with Crippen LogP contribution in [0.3, 0.4) is 0 Å². The third kappa shape index (κ3) is 6.89. The molecule has 0 radical (unpaired) electrons. The molecule has 2 aromatic rings. The molecule has 10 heteroatoms. The number of likely N-dealkylation sites (N-methyl/N-ethyl adjacent to an activating group) is 1. The van der Waals surface area contributed by atoms with Gasteiger partial charge in [0.1, 0.15) is 11.8 Å². The maximum Gasteiger partial charge on any atom is 0.251 e. The summed E-state index contributed by atoms with van der Waals surface area (Å²) in [6, 6.07) is 15.5. The molecule has 2 aromatic carbocycles. The minimum Gasteiger partial charge on any atom is -0.497 e. The standard InChI is InChI=1S/C29H39N7O3/c1-34-16-18-35(19-17-34)29(38)26(32-28(37)22-5-9-23(10-6-22)36-15-14-31-33-36)4-3-13-30-27-20-25(27)21-7-11-24(39-2)12-8-21/h5-12,14-15,25-27,30-31,33H,3-4,13,16-20H2,1-2H3,(H,32,37)/t25-,26+,27+/m1/s1. The van der Waals surface area contributed by atoms with Gasteiger partial charge < -0.3 is 30.6 Å². The Bertz CT molecular complexity index is 1150. The smallest absolute Gasteiger partial charge is 0.251 e. The van der Waals surface area contributed by atoms with E-state index in [1.165, 1.54) is 5.56 Å². The van der Waals surface area contributed by atoms with E-state index in [1.807, 2.05) is 40.4 Å². The molecule has 10 nitrogen and oxygen atoms in total. The van der Waals surface area contributed by atoms with Gasteiger partial charge in [0.15, 0.2) is 0 Å². The van der Waals surface area contributed by atoms with Crippen molar-refractivity contribution >= 4 is 17.5 Å². The van der Waals surface area contributed by atoms with Gasteiger partial charge in [-0.3, -0.25) is 14.6 Å². The molecule has 3 atom stereocenters. The SMILES string of the molecule is COc1ccc([C@H]2C[C@@H]2NCCC[C@H](NC(=O)c2ccc(N3C=CNN3)cc2)C(=O)N2CCN(C)CC2)cc1. The maximum absolute atomic E-state index is 13.5. The van der Waals surface area contributed by atoms with Gasteiger partial charge in [0, 0.05) is 56.1 Å². The fraction of sp³-hybridized carbons (Fsp3) is 0.448. The van der Waals surface area contributed by atoms with Crippen molar-refractivity contribution in [2.75, 3.05) is 51.9 Å². The molecule has 0 spiro atoms. The predicted molar refractivity (Wildman–Crippen MR) is 151 cm³/mol. The molecule has 208 valence electrons. The normalized spacial score (nSPS) is 21.4. The lowest BCUT2D eigenvalue weighted by molar-refractivity contribution is -0.135. The number of ether oxygens (including phenoxy) is 1. The Kier molecular flexibility index (Phi) is 8.65. The van der Waals surface area contributed by atoms with E-state index >= 15 is 0 Å². The molecule has 0 bridgehead atoms. The van der Waals surface area contributed by atoms with Crippen LogP contribution in [0.1, 0.15) is 41.1 Å². The third-order valence-corrected chi connectivity index (χ3v) is 7.73. The highest BCUT2D eigenvalue weighted by atomic mass is 16.5. The lowest BCUT2D eigenvalue weighted by Gasteiger charge is -2.34. The number of nitrogens with zero attached hydrogens (tertiary/aromatic N) is 3. The Morgan fingerprint density at radius 2 is 1.79 bits per heavy atom. The average Bonchev–Trinajstić information content (AvgIpc) is 3.53. The van der Waals surface area contributed by atoms with Gasteiger partial charge in [0.2, 0.25) is 5.91 Å². The molecule has 0 unspecified atom stereocenters. The average molecular weight is 534 g/mol. The van der Waals surface area contributed by atoms with Crippen LogP contribution in [-0.4, -0.2) is 80.6 Å². The summed E-state index contributed by atoms with van der Waals surface area (Å²) in [6.07, 6.45) is 6.15. The van der Waals surface area contributed by atoms with E-state index in [4.69, 9.17) is 4.74 Å². The van der Waals surface area contributed by atoms with Gasteiger partial charge in [-0.05, 0) is 74.8 Å². The van der Waals surface area contributed by atoms with E-state index in [2.05, 4.69) is 45.7 Å². The summed E-state index contributed by atoms with van der Waals surface area (Å²) in [4.78, 5) is 30.7. The highest BCUT2D eigenvalue weighted by molar-refractivity contribution is 5.97. The van der Waals surface area contributed by atoms with E-state index < -0.39 is 6.04 Å². The van der Waals surface area contributed by atoms with Crippen molar-refractivity contribution in [2.45, 2.75) is 37.3 Å². The summed E-state index contributed by atoms with van der Waals surface area (Å²) in [5, 5.41) is 8.49. The number of carbonyl (C=O) groups is 2. The molecule has 1 saturated heterocycles. The molecule has 4 N–H and O–H groups in total. The number of hydrogen-bond donors (Lipinski definition) is 4. The lowest BCUT2D eigenvalue weighted by Crippen LogP contribution is -2.54. The van der Waals surface area contributed by atoms with E-state index in [9.17, 15) is 9.59 Å². The van der Waals surface area contributed by atoms with Gasteiger partial charge in [-0.2, -0.15) is 0 Å². The molecular formula is C29H39N7O3. The molecule has 2 heterocycles. The highest BCUT2D eigenvalue weighted by Gasteiger charge is 2.37. The van der Waals surface area contributed by atoms with Crippen molar-refractivity contribution in [3.05, 3.63) is 72.1 Å². The van der Waals surface area contributed by atoms with Gasteiger partial charge >= 0.3 is 0 Å². The Balaban J connectivity index is 1.15. The van der Waals surface area contributed by atoms with Crippen LogP contribution in [0.4, 0.5) is 5.69 Å². The first-order valence-electron chi connectivity index (χ1n) is 13.7. The Morgan fingerprint density at radius 1 is 1.05 bits per heavy atom. The van der Waals surface area contributed by atoms with Crippen molar-refractivity contribution in [1.82, 2.24) is 31.4 Å². The number of hydrazine groups is 2. The fourth-order valence-corrected chi connectivity index (χ4v) is 5.16. The number of amides is 2. The summed E-state index contributed by atoms with van der Waals surface area (Å²) < 4.78 is 5.26. The molecular weight excluding hydrogens is 494 g/mol. The molecule has 2 aliphatic heterocycles. The molecule has 2 amide bonds. The van der Waals surface area contributed by atoms with E-state index in [0.29, 0.717) is 37.0 Å². The summed E-state index contributed by atoms with van der Waals surface area (Å²) in [6.45, 7) is 3.86. The summed E-state index contributed by atoms with van der Waals surface area (Å²) >= 11 is 0. The van der Waals surface area contributed by atoms with E-state index in [1.54, 1.807) is 25.4 Å². The van der Waals surface area contributed by atoms with Gasteiger partial charge in [0.05, 0.1) is 12.8 Å². The van der Waals surface area contributed by atoms with Gasteiger partial charge in [-0.15, -0.1) is 5.53 Å². The van der Waals surface area contributed by atoms with Gasteiger partial charge in [-0.1, -0.05) is 12.1 Å². The van der Waals surface area contributed by atoms with Crippen LogP contribution < -0.4 is 31.3 Å². The monoisotopic (exact) mass is 533 g/mol.